The number of hydrogen-bond donors (Lipinski definition) is 1. The van der Waals surface area contributed by atoms with Gasteiger partial charge >= 0.3 is 0 Å². The van der Waals surface area contributed by atoms with Crippen LogP contribution in [0.1, 0.15) is 31.2 Å². The van der Waals surface area contributed by atoms with Gasteiger partial charge < -0.3 is 0 Å². The first kappa shape index (κ1) is 9.78. The fourth-order valence-electron chi connectivity index (χ4n) is 2.36. The molecule has 1 nitrogen and oxygen atoms in total. The highest BCUT2D eigenvalue weighted by atomic mass is 32.1. The van der Waals surface area contributed by atoms with Gasteiger partial charge in [0.1, 0.15) is 0 Å². The van der Waals surface area contributed by atoms with Gasteiger partial charge in [0.25, 0.3) is 0 Å². The van der Waals surface area contributed by atoms with Crippen molar-refractivity contribution in [2.45, 2.75) is 31.1 Å². The fourth-order valence-corrected chi connectivity index (χ4v) is 2.71. The Morgan fingerprint density at radius 3 is 2.21 bits per heavy atom. The summed E-state index contributed by atoms with van der Waals surface area (Å²) in [6.45, 7) is 0. The van der Waals surface area contributed by atoms with E-state index in [4.69, 9.17) is 0 Å². The van der Waals surface area contributed by atoms with E-state index in [1.165, 1.54) is 0 Å². The fraction of sp³-hybridized carbons (Fsp3) is 0.417. The zero-order valence-electron chi connectivity index (χ0n) is 8.07. The standard InChI is InChI=1S/C12H14OS/c13-11(14)12(8-4-5-9-12)10-6-2-1-3-7-10/h1-3,6-7H,4-5,8-9H2,(H,13,14). The Balaban J connectivity index is 2.42. The molecule has 1 aromatic carbocycles. The molecule has 1 aliphatic rings. The molecule has 2 heteroatoms. The van der Waals surface area contributed by atoms with Crippen molar-refractivity contribution in [2.24, 2.45) is 0 Å². The monoisotopic (exact) mass is 206 g/mol. The maximum atomic E-state index is 11.6. The number of thiol groups is 1. The first-order valence-electron chi connectivity index (χ1n) is 5.05. The van der Waals surface area contributed by atoms with E-state index in [2.05, 4.69) is 12.6 Å². The smallest absolute Gasteiger partial charge is 0.196 e. The third-order valence-corrected chi connectivity index (χ3v) is 3.62. The Labute approximate surface area is 89.9 Å². The van der Waals surface area contributed by atoms with Crippen LogP contribution in [-0.4, -0.2) is 5.12 Å². The number of carbonyl (C=O) groups excluding carboxylic acids is 1. The molecule has 0 heterocycles. The molecule has 0 aromatic heterocycles. The molecule has 0 bridgehead atoms. The first-order chi connectivity index (χ1) is 6.76. The highest BCUT2D eigenvalue weighted by Crippen LogP contribution is 2.42. The lowest BCUT2D eigenvalue weighted by Gasteiger charge is -2.25. The van der Waals surface area contributed by atoms with Gasteiger partial charge in [0.05, 0.1) is 5.41 Å². The molecular weight excluding hydrogens is 192 g/mol. The summed E-state index contributed by atoms with van der Waals surface area (Å²) in [7, 11) is 0. The predicted octanol–water partition coefficient (Wildman–Crippen LogP) is 2.95. The van der Waals surface area contributed by atoms with E-state index >= 15 is 0 Å². The van der Waals surface area contributed by atoms with Crippen molar-refractivity contribution in [1.82, 2.24) is 0 Å². The summed E-state index contributed by atoms with van der Waals surface area (Å²) >= 11 is 4.05. The minimum Gasteiger partial charge on any atom is -0.286 e. The molecule has 0 amide bonds. The van der Waals surface area contributed by atoms with Gasteiger partial charge in [-0.25, -0.2) is 0 Å². The normalized spacial score (nSPS) is 19.5. The summed E-state index contributed by atoms with van der Waals surface area (Å²) in [5.74, 6) is 0. The summed E-state index contributed by atoms with van der Waals surface area (Å²) in [4.78, 5) is 11.6. The Hall–Kier alpha value is -0.760. The largest absolute Gasteiger partial charge is 0.286 e. The summed E-state index contributed by atoms with van der Waals surface area (Å²) in [5, 5.41) is 0.0289. The lowest BCUT2D eigenvalue weighted by atomic mass is 9.80. The first-order valence-corrected chi connectivity index (χ1v) is 5.49. The highest BCUT2D eigenvalue weighted by molar-refractivity contribution is 7.96. The average Bonchev–Trinajstić information content (AvgIpc) is 2.69. The maximum Gasteiger partial charge on any atom is 0.196 e. The van der Waals surface area contributed by atoms with Crippen molar-refractivity contribution in [3.63, 3.8) is 0 Å². The zero-order chi connectivity index (χ0) is 10.0. The molecule has 1 fully saturated rings. The van der Waals surface area contributed by atoms with Crippen LogP contribution in [0, 0.1) is 0 Å². The van der Waals surface area contributed by atoms with E-state index in [0.717, 1.165) is 31.2 Å². The maximum absolute atomic E-state index is 11.6. The van der Waals surface area contributed by atoms with E-state index in [1.54, 1.807) is 0 Å². The van der Waals surface area contributed by atoms with Gasteiger partial charge in [-0.05, 0) is 18.4 Å². The molecule has 0 spiro atoms. The molecule has 0 saturated heterocycles. The molecule has 2 rings (SSSR count). The summed E-state index contributed by atoms with van der Waals surface area (Å²) in [6, 6.07) is 10.0. The van der Waals surface area contributed by atoms with Gasteiger partial charge in [0, 0.05) is 0 Å². The van der Waals surface area contributed by atoms with Crippen LogP contribution in [0.4, 0.5) is 0 Å². The minimum atomic E-state index is -0.287. The zero-order valence-corrected chi connectivity index (χ0v) is 8.97. The van der Waals surface area contributed by atoms with Crippen molar-refractivity contribution in [3.8, 4) is 0 Å². The van der Waals surface area contributed by atoms with Crippen LogP contribution in [0.15, 0.2) is 30.3 Å². The Kier molecular flexibility index (Phi) is 2.64. The number of hydrogen-bond acceptors (Lipinski definition) is 1. The summed E-state index contributed by atoms with van der Waals surface area (Å²) < 4.78 is 0. The molecule has 1 aliphatic carbocycles. The number of rotatable bonds is 2. The van der Waals surface area contributed by atoms with Gasteiger partial charge in [0.15, 0.2) is 5.12 Å². The van der Waals surface area contributed by atoms with Gasteiger partial charge in [-0.1, -0.05) is 43.2 Å². The molecule has 0 atom stereocenters. The van der Waals surface area contributed by atoms with Gasteiger partial charge in [-0.15, -0.1) is 12.6 Å². The summed E-state index contributed by atoms with van der Waals surface area (Å²) in [6.07, 6.45) is 4.20. The van der Waals surface area contributed by atoms with E-state index in [0.29, 0.717) is 0 Å². The Morgan fingerprint density at radius 1 is 1.14 bits per heavy atom. The van der Waals surface area contributed by atoms with Crippen molar-refractivity contribution in [1.29, 1.82) is 0 Å². The lowest BCUT2D eigenvalue weighted by Crippen LogP contribution is -2.29. The number of benzene rings is 1. The van der Waals surface area contributed by atoms with Crippen LogP contribution in [0.5, 0.6) is 0 Å². The van der Waals surface area contributed by atoms with Crippen LogP contribution in [0.3, 0.4) is 0 Å². The Bertz CT molecular complexity index is 325. The van der Waals surface area contributed by atoms with Gasteiger partial charge in [0.2, 0.25) is 0 Å². The second kappa shape index (κ2) is 3.77. The molecule has 0 unspecified atom stereocenters. The van der Waals surface area contributed by atoms with E-state index in [-0.39, 0.29) is 10.5 Å². The number of carbonyl (C=O) groups is 1. The molecule has 1 saturated carbocycles. The van der Waals surface area contributed by atoms with E-state index in [9.17, 15) is 4.79 Å². The molecule has 14 heavy (non-hydrogen) atoms. The SMILES string of the molecule is O=C(S)C1(c2ccccc2)CCCC1. The third kappa shape index (κ3) is 1.48. The third-order valence-electron chi connectivity index (χ3n) is 3.19. The second-order valence-corrected chi connectivity index (χ2v) is 4.37. The minimum absolute atomic E-state index is 0.0289. The topological polar surface area (TPSA) is 17.1 Å². The quantitative estimate of drug-likeness (QED) is 0.736. The van der Waals surface area contributed by atoms with Crippen LogP contribution < -0.4 is 0 Å². The Morgan fingerprint density at radius 2 is 1.71 bits per heavy atom. The van der Waals surface area contributed by atoms with Crippen molar-refractivity contribution in [2.75, 3.05) is 0 Å². The molecule has 74 valence electrons. The van der Waals surface area contributed by atoms with E-state index in [1.807, 2.05) is 30.3 Å². The van der Waals surface area contributed by atoms with Crippen molar-refractivity contribution < 1.29 is 4.79 Å². The van der Waals surface area contributed by atoms with Crippen LogP contribution in [-0.2, 0) is 10.2 Å². The van der Waals surface area contributed by atoms with Crippen molar-refractivity contribution >= 4 is 17.7 Å². The van der Waals surface area contributed by atoms with Crippen LogP contribution in [0.25, 0.3) is 0 Å². The average molecular weight is 206 g/mol. The molecular formula is C12H14OS. The van der Waals surface area contributed by atoms with Crippen LogP contribution in [0.2, 0.25) is 0 Å². The second-order valence-electron chi connectivity index (χ2n) is 3.96. The predicted molar refractivity (Wildman–Crippen MR) is 60.6 cm³/mol. The molecule has 1 aromatic rings. The van der Waals surface area contributed by atoms with E-state index < -0.39 is 0 Å². The summed E-state index contributed by atoms with van der Waals surface area (Å²) in [5.41, 5.74) is 0.849. The van der Waals surface area contributed by atoms with Crippen molar-refractivity contribution in [3.05, 3.63) is 35.9 Å². The van der Waals surface area contributed by atoms with Gasteiger partial charge in [-0.2, -0.15) is 0 Å². The highest BCUT2D eigenvalue weighted by Gasteiger charge is 2.40. The van der Waals surface area contributed by atoms with Crippen LogP contribution >= 0.6 is 12.6 Å². The molecule has 0 aliphatic heterocycles. The lowest BCUT2D eigenvalue weighted by molar-refractivity contribution is -0.115. The van der Waals surface area contributed by atoms with Gasteiger partial charge in [-0.3, -0.25) is 4.79 Å². The molecule has 0 N–H and O–H groups in total. The molecule has 0 radical (unpaired) electrons.